The highest BCUT2D eigenvalue weighted by Crippen LogP contribution is 1.97. The van der Waals surface area contributed by atoms with Gasteiger partial charge < -0.3 is 10.4 Å². The van der Waals surface area contributed by atoms with Crippen molar-refractivity contribution in [2.24, 2.45) is 0 Å². The third-order valence-electron chi connectivity index (χ3n) is 2.75. The zero-order chi connectivity index (χ0) is 15.8. The Morgan fingerprint density at radius 3 is 2.81 bits per heavy atom. The van der Waals surface area contributed by atoms with Crippen molar-refractivity contribution in [2.45, 2.75) is 38.8 Å². The third-order valence-corrected chi connectivity index (χ3v) is 2.75. The quantitative estimate of drug-likeness (QED) is 0.701. The number of aromatic nitrogens is 2. The first-order chi connectivity index (χ1) is 9.99. The van der Waals surface area contributed by atoms with Crippen LogP contribution in [0.5, 0.6) is 0 Å². The first kappa shape index (κ1) is 16.4. The van der Waals surface area contributed by atoms with E-state index in [1.165, 1.54) is 16.8 Å². The molecular weight excluding hydrogens is 274 g/mol. The van der Waals surface area contributed by atoms with Crippen LogP contribution in [0.1, 0.15) is 36.7 Å². The summed E-state index contributed by atoms with van der Waals surface area (Å²) in [5.74, 6) is 0.284. The SMILES string of the molecule is C#CCC(NC(=O)c1ccc(=O)n(CCCC)n1)C(=O)O. The number of carbonyl (C=O) groups is 2. The fourth-order valence-corrected chi connectivity index (χ4v) is 1.59. The monoisotopic (exact) mass is 291 g/mol. The highest BCUT2D eigenvalue weighted by Gasteiger charge is 2.20. The Morgan fingerprint density at radius 1 is 1.52 bits per heavy atom. The second-order valence-corrected chi connectivity index (χ2v) is 4.41. The Labute approximate surface area is 122 Å². The second-order valence-electron chi connectivity index (χ2n) is 4.41. The van der Waals surface area contributed by atoms with E-state index in [1.54, 1.807) is 0 Å². The van der Waals surface area contributed by atoms with Gasteiger partial charge in [-0.2, -0.15) is 5.10 Å². The van der Waals surface area contributed by atoms with Gasteiger partial charge in [-0.05, 0) is 12.5 Å². The first-order valence-electron chi connectivity index (χ1n) is 6.55. The van der Waals surface area contributed by atoms with Crippen LogP contribution in [0, 0.1) is 12.3 Å². The van der Waals surface area contributed by atoms with Gasteiger partial charge in [-0.25, -0.2) is 9.48 Å². The summed E-state index contributed by atoms with van der Waals surface area (Å²) in [5, 5.41) is 15.1. The maximum Gasteiger partial charge on any atom is 0.327 e. The maximum absolute atomic E-state index is 12.0. The highest BCUT2D eigenvalue weighted by molar-refractivity contribution is 5.94. The van der Waals surface area contributed by atoms with Crippen LogP contribution < -0.4 is 10.9 Å². The molecule has 0 saturated heterocycles. The van der Waals surface area contributed by atoms with Crippen LogP contribution in [0.25, 0.3) is 0 Å². The lowest BCUT2D eigenvalue weighted by Gasteiger charge is -2.12. The minimum Gasteiger partial charge on any atom is -0.480 e. The summed E-state index contributed by atoms with van der Waals surface area (Å²) in [6, 6.07) is 1.31. The number of nitrogens with one attached hydrogen (secondary N) is 1. The lowest BCUT2D eigenvalue weighted by Crippen LogP contribution is -2.41. The number of hydrogen-bond donors (Lipinski definition) is 2. The third kappa shape index (κ3) is 4.76. The minimum atomic E-state index is -1.22. The molecule has 1 atom stereocenters. The number of amides is 1. The molecule has 0 aromatic carbocycles. The Balaban J connectivity index is 2.89. The van der Waals surface area contributed by atoms with Gasteiger partial charge in [0.05, 0.1) is 0 Å². The van der Waals surface area contributed by atoms with Crippen molar-refractivity contribution >= 4 is 11.9 Å². The number of carbonyl (C=O) groups excluding carboxylic acids is 1. The van der Waals surface area contributed by atoms with E-state index in [9.17, 15) is 14.4 Å². The summed E-state index contributed by atoms with van der Waals surface area (Å²) in [6.07, 6.45) is 6.57. The molecule has 0 aliphatic rings. The van der Waals surface area contributed by atoms with Gasteiger partial charge >= 0.3 is 5.97 Å². The summed E-state index contributed by atoms with van der Waals surface area (Å²) in [6.45, 7) is 2.38. The molecule has 0 radical (unpaired) electrons. The molecule has 0 spiro atoms. The minimum absolute atomic E-state index is 0.0195. The van der Waals surface area contributed by atoms with Crippen molar-refractivity contribution in [3.05, 3.63) is 28.2 Å². The Kier molecular flexibility index (Phi) is 6.14. The van der Waals surface area contributed by atoms with Crippen molar-refractivity contribution in [3.63, 3.8) is 0 Å². The molecule has 0 fully saturated rings. The first-order valence-corrected chi connectivity index (χ1v) is 6.55. The number of hydrogen-bond acceptors (Lipinski definition) is 4. The van der Waals surface area contributed by atoms with E-state index in [2.05, 4.69) is 16.3 Å². The molecule has 7 nitrogen and oxygen atoms in total. The Bertz CT molecular complexity index is 615. The highest BCUT2D eigenvalue weighted by atomic mass is 16.4. The van der Waals surface area contributed by atoms with Gasteiger partial charge in [0.2, 0.25) is 0 Å². The number of aliphatic carboxylic acids is 1. The molecule has 1 heterocycles. The van der Waals surface area contributed by atoms with Crippen LogP contribution >= 0.6 is 0 Å². The number of rotatable bonds is 7. The number of aryl methyl sites for hydroxylation is 1. The van der Waals surface area contributed by atoms with Gasteiger partial charge in [-0.1, -0.05) is 13.3 Å². The zero-order valence-electron chi connectivity index (χ0n) is 11.7. The van der Waals surface area contributed by atoms with Crippen molar-refractivity contribution in [2.75, 3.05) is 0 Å². The topological polar surface area (TPSA) is 101 Å². The van der Waals surface area contributed by atoms with Crippen LogP contribution in [0.15, 0.2) is 16.9 Å². The Hall–Kier alpha value is -2.62. The maximum atomic E-state index is 12.0. The fraction of sp³-hybridized carbons (Fsp3) is 0.429. The van der Waals surface area contributed by atoms with Gasteiger partial charge in [0, 0.05) is 19.0 Å². The van der Waals surface area contributed by atoms with Gasteiger partial charge in [0.1, 0.15) is 11.7 Å². The van der Waals surface area contributed by atoms with Gasteiger partial charge in [0.15, 0.2) is 0 Å². The molecule has 0 aliphatic heterocycles. The lowest BCUT2D eigenvalue weighted by molar-refractivity contribution is -0.139. The summed E-state index contributed by atoms with van der Waals surface area (Å²) >= 11 is 0. The smallest absolute Gasteiger partial charge is 0.327 e. The zero-order valence-corrected chi connectivity index (χ0v) is 11.7. The molecular formula is C14H17N3O4. The summed E-state index contributed by atoms with van der Waals surface area (Å²) in [7, 11) is 0. The largest absolute Gasteiger partial charge is 0.480 e. The molecule has 1 aromatic rings. The predicted octanol–water partition coefficient (Wildman–Crippen LogP) is 0.250. The normalized spacial score (nSPS) is 11.4. The summed E-state index contributed by atoms with van der Waals surface area (Å²) in [5.41, 5.74) is -0.326. The summed E-state index contributed by atoms with van der Waals surface area (Å²) < 4.78 is 1.19. The average Bonchev–Trinajstić information content (AvgIpc) is 2.45. The number of nitrogens with zero attached hydrogens (tertiary/aromatic N) is 2. The van der Waals surface area contributed by atoms with E-state index in [0.717, 1.165) is 12.8 Å². The van der Waals surface area contributed by atoms with E-state index in [0.29, 0.717) is 6.54 Å². The van der Waals surface area contributed by atoms with Crippen LogP contribution in [-0.2, 0) is 11.3 Å². The molecule has 21 heavy (non-hydrogen) atoms. The Morgan fingerprint density at radius 2 is 2.24 bits per heavy atom. The van der Waals surface area contributed by atoms with Crippen LogP contribution in [0.4, 0.5) is 0 Å². The van der Waals surface area contributed by atoms with Gasteiger partial charge in [-0.3, -0.25) is 9.59 Å². The molecule has 0 bridgehead atoms. The molecule has 7 heteroatoms. The van der Waals surface area contributed by atoms with Crippen molar-refractivity contribution in [3.8, 4) is 12.3 Å². The van der Waals surface area contributed by atoms with E-state index >= 15 is 0 Å². The molecule has 0 saturated carbocycles. The summed E-state index contributed by atoms with van der Waals surface area (Å²) in [4.78, 5) is 34.5. The van der Waals surface area contributed by atoms with Crippen molar-refractivity contribution < 1.29 is 14.7 Å². The molecule has 1 rings (SSSR count). The molecule has 0 aliphatic carbocycles. The average molecular weight is 291 g/mol. The molecule has 1 aromatic heterocycles. The van der Waals surface area contributed by atoms with E-state index in [-0.39, 0.29) is 17.7 Å². The van der Waals surface area contributed by atoms with Crippen LogP contribution in [0.3, 0.4) is 0 Å². The standard InChI is InChI=1S/C14H17N3O4/c1-3-5-9-17-12(18)8-7-10(16-17)13(19)15-11(6-4-2)14(20)21/h2,7-8,11H,3,5-6,9H2,1H3,(H,15,19)(H,20,21). The van der Waals surface area contributed by atoms with Gasteiger partial charge in [0.25, 0.3) is 11.5 Å². The fourth-order valence-electron chi connectivity index (χ4n) is 1.59. The molecule has 1 amide bonds. The van der Waals surface area contributed by atoms with Gasteiger partial charge in [-0.15, -0.1) is 12.3 Å². The van der Waals surface area contributed by atoms with E-state index in [4.69, 9.17) is 11.5 Å². The number of terminal acetylenes is 1. The number of unbranched alkanes of at least 4 members (excludes halogenated alkanes) is 1. The lowest BCUT2D eigenvalue weighted by atomic mass is 10.2. The second kappa shape index (κ2) is 7.85. The number of carboxylic acid groups (broad SMARTS) is 1. The molecule has 1 unspecified atom stereocenters. The van der Waals surface area contributed by atoms with Crippen LogP contribution in [0.2, 0.25) is 0 Å². The van der Waals surface area contributed by atoms with Crippen molar-refractivity contribution in [1.29, 1.82) is 0 Å². The molecule has 112 valence electrons. The van der Waals surface area contributed by atoms with Crippen molar-refractivity contribution in [1.82, 2.24) is 15.1 Å². The molecule has 2 N–H and O–H groups in total. The van der Waals surface area contributed by atoms with Crippen LogP contribution in [-0.4, -0.2) is 32.8 Å². The van der Waals surface area contributed by atoms with E-state index < -0.39 is 17.9 Å². The predicted molar refractivity (Wildman–Crippen MR) is 75.7 cm³/mol. The van der Waals surface area contributed by atoms with E-state index in [1.807, 2.05) is 6.92 Å². The number of carboxylic acids is 1.